The number of aliphatic hydroxyl groups excluding tert-OH is 1. The highest BCUT2D eigenvalue weighted by molar-refractivity contribution is 6.30. The minimum absolute atomic E-state index is 0.0580. The minimum atomic E-state index is -0.334. The monoisotopic (exact) mass is 225 g/mol. The molecule has 0 aromatic heterocycles. The van der Waals surface area contributed by atoms with E-state index in [0.717, 1.165) is 5.56 Å². The van der Waals surface area contributed by atoms with E-state index in [1.807, 2.05) is 12.1 Å². The zero-order chi connectivity index (χ0) is 10.8. The number of hydrogen-bond acceptors (Lipinski definition) is 2. The van der Waals surface area contributed by atoms with Crippen LogP contribution in [-0.4, -0.2) is 35.1 Å². The smallest absolute Gasteiger partial charge is 0.227 e. The van der Waals surface area contributed by atoms with E-state index in [0.29, 0.717) is 24.5 Å². The Morgan fingerprint density at radius 2 is 2.00 bits per heavy atom. The predicted molar refractivity (Wildman–Crippen MR) is 57.7 cm³/mol. The topological polar surface area (TPSA) is 40.5 Å². The van der Waals surface area contributed by atoms with Gasteiger partial charge >= 0.3 is 0 Å². The number of halogens is 1. The van der Waals surface area contributed by atoms with Crippen LogP contribution in [0.3, 0.4) is 0 Å². The number of benzene rings is 1. The Morgan fingerprint density at radius 1 is 1.40 bits per heavy atom. The lowest BCUT2D eigenvalue weighted by Gasteiger charge is -2.35. The first kappa shape index (κ1) is 10.5. The van der Waals surface area contributed by atoms with Crippen molar-refractivity contribution in [2.45, 2.75) is 12.5 Å². The van der Waals surface area contributed by atoms with E-state index in [1.54, 1.807) is 17.0 Å². The molecule has 1 aromatic rings. The van der Waals surface area contributed by atoms with Crippen molar-refractivity contribution in [1.29, 1.82) is 0 Å². The fourth-order valence-corrected chi connectivity index (χ4v) is 1.67. The normalized spacial score (nSPS) is 16.3. The molecule has 3 nitrogen and oxygen atoms in total. The van der Waals surface area contributed by atoms with Crippen molar-refractivity contribution in [1.82, 2.24) is 4.90 Å². The lowest BCUT2D eigenvalue weighted by atomic mass is 10.1. The minimum Gasteiger partial charge on any atom is -0.389 e. The van der Waals surface area contributed by atoms with Gasteiger partial charge in [-0.25, -0.2) is 0 Å². The van der Waals surface area contributed by atoms with E-state index >= 15 is 0 Å². The van der Waals surface area contributed by atoms with Crippen LogP contribution in [0.1, 0.15) is 5.56 Å². The van der Waals surface area contributed by atoms with Crippen molar-refractivity contribution >= 4 is 17.5 Å². The molecule has 0 aliphatic carbocycles. The van der Waals surface area contributed by atoms with Crippen LogP contribution in [0.4, 0.5) is 0 Å². The second-order valence-corrected chi connectivity index (χ2v) is 4.19. The molecule has 0 radical (unpaired) electrons. The Kier molecular flexibility index (Phi) is 2.93. The highest BCUT2D eigenvalue weighted by Gasteiger charge is 2.28. The molecule has 2 rings (SSSR count). The number of carbonyl (C=O) groups excluding carboxylic acids is 1. The van der Waals surface area contributed by atoms with Gasteiger partial charge in [0.2, 0.25) is 5.91 Å². The van der Waals surface area contributed by atoms with Crippen LogP contribution in [0.25, 0.3) is 0 Å². The standard InChI is InChI=1S/C11H12ClNO2/c12-9-3-1-8(2-4-9)5-11(15)13-6-10(14)7-13/h1-4,10,14H,5-7H2. The first-order chi connectivity index (χ1) is 7.15. The summed E-state index contributed by atoms with van der Waals surface area (Å²) in [6.45, 7) is 0.929. The number of nitrogens with zero attached hydrogens (tertiary/aromatic N) is 1. The molecule has 15 heavy (non-hydrogen) atoms. The predicted octanol–water partition coefficient (Wildman–Crippen LogP) is 1.09. The summed E-state index contributed by atoms with van der Waals surface area (Å²) >= 11 is 5.74. The third kappa shape index (κ3) is 2.49. The van der Waals surface area contributed by atoms with Gasteiger partial charge in [0.25, 0.3) is 0 Å². The van der Waals surface area contributed by atoms with Gasteiger partial charge in [0.15, 0.2) is 0 Å². The molecule has 0 spiro atoms. The highest BCUT2D eigenvalue weighted by Crippen LogP contribution is 2.13. The molecule has 4 heteroatoms. The number of carbonyl (C=O) groups is 1. The highest BCUT2D eigenvalue weighted by atomic mass is 35.5. The van der Waals surface area contributed by atoms with Crippen molar-refractivity contribution in [2.75, 3.05) is 13.1 Å². The van der Waals surface area contributed by atoms with Gasteiger partial charge < -0.3 is 10.0 Å². The third-order valence-corrected chi connectivity index (χ3v) is 2.74. The maximum absolute atomic E-state index is 11.6. The first-order valence-electron chi connectivity index (χ1n) is 4.85. The molecule has 80 valence electrons. The van der Waals surface area contributed by atoms with E-state index in [2.05, 4.69) is 0 Å². The molecule has 0 atom stereocenters. The summed E-state index contributed by atoms with van der Waals surface area (Å²) in [7, 11) is 0. The van der Waals surface area contributed by atoms with Gasteiger partial charge in [-0.2, -0.15) is 0 Å². The van der Waals surface area contributed by atoms with E-state index < -0.39 is 0 Å². The van der Waals surface area contributed by atoms with Gasteiger partial charge in [-0.15, -0.1) is 0 Å². The average molecular weight is 226 g/mol. The van der Waals surface area contributed by atoms with Gasteiger partial charge in [0.05, 0.1) is 12.5 Å². The van der Waals surface area contributed by atoms with E-state index in [1.165, 1.54) is 0 Å². The molecular formula is C11H12ClNO2. The third-order valence-electron chi connectivity index (χ3n) is 2.48. The lowest BCUT2D eigenvalue weighted by Crippen LogP contribution is -2.53. The lowest BCUT2D eigenvalue weighted by molar-refractivity contribution is -0.140. The Bertz CT molecular complexity index is 357. The molecule has 1 heterocycles. The second kappa shape index (κ2) is 4.21. The number of amides is 1. The summed E-state index contributed by atoms with van der Waals surface area (Å²) in [5.41, 5.74) is 0.950. The molecule has 1 N–H and O–H groups in total. The summed E-state index contributed by atoms with van der Waals surface area (Å²) in [6.07, 6.45) is 0.0448. The quantitative estimate of drug-likeness (QED) is 0.819. The fourth-order valence-electron chi connectivity index (χ4n) is 1.55. The molecular weight excluding hydrogens is 214 g/mol. The largest absolute Gasteiger partial charge is 0.389 e. The molecule has 0 saturated carbocycles. The van der Waals surface area contributed by atoms with Crippen LogP contribution in [0.5, 0.6) is 0 Å². The van der Waals surface area contributed by atoms with Crippen LogP contribution < -0.4 is 0 Å². The van der Waals surface area contributed by atoms with Gasteiger partial charge in [-0.1, -0.05) is 23.7 Å². The second-order valence-electron chi connectivity index (χ2n) is 3.76. The van der Waals surface area contributed by atoms with Crippen molar-refractivity contribution in [3.63, 3.8) is 0 Å². The van der Waals surface area contributed by atoms with Gasteiger partial charge in [0.1, 0.15) is 0 Å². The van der Waals surface area contributed by atoms with Crippen molar-refractivity contribution in [2.24, 2.45) is 0 Å². The van der Waals surface area contributed by atoms with Gasteiger partial charge in [-0.05, 0) is 17.7 Å². The summed E-state index contributed by atoms with van der Waals surface area (Å²) < 4.78 is 0. The van der Waals surface area contributed by atoms with Crippen molar-refractivity contribution < 1.29 is 9.90 Å². The molecule has 1 fully saturated rings. The summed E-state index contributed by atoms with van der Waals surface area (Å²) in [5, 5.41) is 9.73. The molecule has 1 aliphatic heterocycles. The fraction of sp³-hybridized carbons (Fsp3) is 0.364. The number of β-amino-alcohol motifs (C(OH)–C–C–N with tert-alkyl or cyclic N) is 1. The van der Waals surface area contributed by atoms with Gasteiger partial charge in [-0.3, -0.25) is 4.79 Å². The zero-order valence-electron chi connectivity index (χ0n) is 8.19. The average Bonchev–Trinajstić information content (AvgIpc) is 2.17. The maximum atomic E-state index is 11.6. The van der Waals surface area contributed by atoms with Crippen LogP contribution in [0, 0.1) is 0 Å². The van der Waals surface area contributed by atoms with E-state index in [9.17, 15) is 4.79 Å². The van der Waals surface area contributed by atoms with Crippen LogP contribution >= 0.6 is 11.6 Å². The van der Waals surface area contributed by atoms with E-state index in [4.69, 9.17) is 16.7 Å². The molecule has 1 amide bonds. The maximum Gasteiger partial charge on any atom is 0.227 e. The van der Waals surface area contributed by atoms with Crippen LogP contribution in [0.2, 0.25) is 5.02 Å². The Hall–Kier alpha value is -1.06. The van der Waals surface area contributed by atoms with Crippen LogP contribution in [-0.2, 0) is 11.2 Å². The van der Waals surface area contributed by atoms with Crippen LogP contribution in [0.15, 0.2) is 24.3 Å². The Balaban J connectivity index is 1.91. The van der Waals surface area contributed by atoms with Crippen molar-refractivity contribution in [3.05, 3.63) is 34.9 Å². The Morgan fingerprint density at radius 3 is 2.53 bits per heavy atom. The summed E-state index contributed by atoms with van der Waals surface area (Å²) in [6, 6.07) is 7.23. The summed E-state index contributed by atoms with van der Waals surface area (Å²) in [5.74, 6) is 0.0580. The van der Waals surface area contributed by atoms with Gasteiger partial charge in [0, 0.05) is 18.1 Å². The SMILES string of the molecule is O=C(Cc1ccc(Cl)cc1)N1CC(O)C1. The molecule has 1 aromatic carbocycles. The summed E-state index contributed by atoms with van der Waals surface area (Å²) in [4.78, 5) is 13.3. The molecule has 1 aliphatic rings. The number of likely N-dealkylation sites (tertiary alicyclic amines) is 1. The molecule has 0 bridgehead atoms. The molecule has 1 saturated heterocycles. The Labute approximate surface area is 93.3 Å². The van der Waals surface area contributed by atoms with Crippen molar-refractivity contribution in [3.8, 4) is 0 Å². The number of rotatable bonds is 2. The number of aliphatic hydroxyl groups is 1. The zero-order valence-corrected chi connectivity index (χ0v) is 8.94. The van der Waals surface area contributed by atoms with E-state index in [-0.39, 0.29) is 12.0 Å². The first-order valence-corrected chi connectivity index (χ1v) is 5.23. The number of hydrogen-bond donors (Lipinski definition) is 1. The molecule has 0 unspecified atom stereocenters.